The van der Waals surface area contributed by atoms with E-state index in [1.54, 1.807) is 30.3 Å². The number of carbonyl (C=O) groups is 3. The van der Waals surface area contributed by atoms with Gasteiger partial charge in [-0.1, -0.05) is 30.3 Å². The van der Waals surface area contributed by atoms with Crippen molar-refractivity contribution in [1.29, 1.82) is 0 Å². The van der Waals surface area contributed by atoms with Crippen molar-refractivity contribution in [2.45, 2.75) is 25.3 Å². The van der Waals surface area contributed by atoms with Crippen LogP contribution in [0.5, 0.6) is 23.0 Å². The normalized spacial score (nSPS) is 11.4. The zero-order valence-electron chi connectivity index (χ0n) is 19.9. The number of hydrogen-bond acceptors (Lipinski definition) is 8. The standard InChI is InChI=1S/C27H28N2O8/c30-21-13-6-11-19(23(21)32)25(34)28-15-5-4-10-18(16-37-27(36)17-8-2-1-3-9-17)29-26(35)20-12-7-14-22(31)24(20)33/h1-3,6-9,11-14,18,30-33H,4-5,10,15-16H2,(H,28,34)(H,29,35). The summed E-state index contributed by atoms with van der Waals surface area (Å²) in [6, 6.07) is 15.9. The SMILES string of the molecule is O=C(OCC(CCCCNC(=O)c1cccc(O)c1O)NC(=O)c1cccc(O)c1O)c1ccccc1. The topological polar surface area (TPSA) is 165 Å². The van der Waals surface area contributed by atoms with Crippen LogP contribution in [0, 0.1) is 0 Å². The molecular weight excluding hydrogens is 480 g/mol. The van der Waals surface area contributed by atoms with Crippen LogP contribution in [0.4, 0.5) is 0 Å². The minimum absolute atomic E-state index is 0.0520. The maximum Gasteiger partial charge on any atom is 0.338 e. The predicted octanol–water partition coefficient (Wildman–Crippen LogP) is 3.06. The third kappa shape index (κ3) is 7.38. The second kappa shape index (κ2) is 12.8. The zero-order valence-corrected chi connectivity index (χ0v) is 19.9. The number of rotatable bonds is 11. The summed E-state index contributed by atoms with van der Waals surface area (Å²) < 4.78 is 5.37. The number of amides is 2. The van der Waals surface area contributed by atoms with Crippen LogP contribution in [0.25, 0.3) is 0 Å². The number of aromatic hydroxyl groups is 4. The van der Waals surface area contributed by atoms with Crippen molar-refractivity contribution in [3.8, 4) is 23.0 Å². The average molecular weight is 509 g/mol. The molecular formula is C27H28N2O8. The molecule has 0 bridgehead atoms. The van der Waals surface area contributed by atoms with Crippen LogP contribution in [0.2, 0.25) is 0 Å². The van der Waals surface area contributed by atoms with Gasteiger partial charge in [-0.2, -0.15) is 0 Å². The lowest BCUT2D eigenvalue weighted by atomic mass is 10.1. The highest BCUT2D eigenvalue weighted by atomic mass is 16.5. The molecule has 10 heteroatoms. The van der Waals surface area contributed by atoms with E-state index >= 15 is 0 Å². The average Bonchev–Trinajstić information content (AvgIpc) is 2.90. The van der Waals surface area contributed by atoms with Crippen molar-refractivity contribution in [1.82, 2.24) is 10.6 Å². The van der Waals surface area contributed by atoms with Crippen LogP contribution >= 0.6 is 0 Å². The summed E-state index contributed by atoms with van der Waals surface area (Å²) in [7, 11) is 0. The summed E-state index contributed by atoms with van der Waals surface area (Å²) in [6.45, 7) is 0.119. The lowest BCUT2D eigenvalue weighted by molar-refractivity contribution is 0.0450. The Bertz CT molecular complexity index is 1250. The van der Waals surface area contributed by atoms with E-state index in [-0.39, 0.29) is 24.3 Å². The highest BCUT2D eigenvalue weighted by Gasteiger charge is 2.20. The Morgan fingerprint density at radius 3 is 1.95 bits per heavy atom. The number of esters is 1. The van der Waals surface area contributed by atoms with Gasteiger partial charge >= 0.3 is 5.97 Å². The Hall–Kier alpha value is -4.73. The summed E-state index contributed by atoms with van der Waals surface area (Å²) >= 11 is 0. The summed E-state index contributed by atoms with van der Waals surface area (Å²) in [5, 5.41) is 44.4. The largest absolute Gasteiger partial charge is 0.504 e. The molecule has 0 fully saturated rings. The molecule has 0 radical (unpaired) electrons. The molecule has 37 heavy (non-hydrogen) atoms. The number of unbranched alkanes of at least 4 members (excludes halogenated alkanes) is 1. The van der Waals surface area contributed by atoms with Gasteiger partial charge in [0, 0.05) is 6.54 Å². The Kier molecular flexibility index (Phi) is 9.31. The fraction of sp³-hybridized carbons (Fsp3) is 0.222. The molecule has 0 aliphatic heterocycles. The highest BCUT2D eigenvalue weighted by molar-refractivity contribution is 5.98. The van der Waals surface area contributed by atoms with E-state index in [0.29, 0.717) is 24.8 Å². The van der Waals surface area contributed by atoms with Crippen LogP contribution in [0.15, 0.2) is 66.7 Å². The van der Waals surface area contributed by atoms with E-state index in [0.717, 1.165) is 0 Å². The lowest BCUT2D eigenvalue weighted by Gasteiger charge is -2.19. The fourth-order valence-electron chi connectivity index (χ4n) is 3.54. The van der Waals surface area contributed by atoms with Gasteiger partial charge in [-0.15, -0.1) is 0 Å². The van der Waals surface area contributed by atoms with Gasteiger partial charge in [0.2, 0.25) is 0 Å². The molecule has 6 N–H and O–H groups in total. The molecule has 10 nitrogen and oxygen atoms in total. The van der Waals surface area contributed by atoms with Crippen molar-refractivity contribution < 1.29 is 39.5 Å². The first-order valence-electron chi connectivity index (χ1n) is 11.6. The molecule has 3 aromatic rings. The minimum Gasteiger partial charge on any atom is -0.504 e. The van der Waals surface area contributed by atoms with Gasteiger partial charge < -0.3 is 35.8 Å². The Labute approximate surface area is 213 Å². The predicted molar refractivity (Wildman–Crippen MR) is 134 cm³/mol. The van der Waals surface area contributed by atoms with Crippen LogP contribution in [0.1, 0.15) is 50.3 Å². The van der Waals surface area contributed by atoms with Crippen LogP contribution in [-0.4, -0.2) is 57.4 Å². The van der Waals surface area contributed by atoms with E-state index in [9.17, 15) is 34.8 Å². The molecule has 2 amide bonds. The first-order valence-corrected chi connectivity index (χ1v) is 11.6. The number of phenols is 4. The monoisotopic (exact) mass is 508 g/mol. The molecule has 0 saturated carbocycles. The second-order valence-electron chi connectivity index (χ2n) is 8.23. The van der Waals surface area contributed by atoms with Gasteiger partial charge in [0.05, 0.1) is 22.7 Å². The number of para-hydroxylation sites is 2. The Morgan fingerprint density at radius 2 is 1.32 bits per heavy atom. The molecule has 3 aromatic carbocycles. The molecule has 0 aliphatic rings. The highest BCUT2D eigenvalue weighted by Crippen LogP contribution is 2.29. The van der Waals surface area contributed by atoms with Gasteiger partial charge in [-0.25, -0.2) is 4.79 Å². The van der Waals surface area contributed by atoms with Gasteiger partial charge in [0.25, 0.3) is 11.8 Å². The summed E-state index contributed by atoms with van der Waals surface area (Å²) in [6.07, 6.45) is 1.40. The van der Waals surface area contributed by atoms with Crippen molar-refractivity contribution >= 4 is 17.8 Å². The fourth-order valence-corrected chi connectivity index (χ4v) is 3.54. The Morgan fingerprint density at radius 1 is 0.730 bits per heavy atom. The number of carbonyl (C=O) groups excluding carboxylic acids is 3. The summed E-state index contributed by atoms with van der Waals surface area (Å²) in [4.78, 5) is 37.3. The van der Waals surface area contributed by atoms with Gasteiger partial charge in [0.15, 0.2) is 23.0 Å². The molecule has 1 atom stereocenters. The van der Waals surface area contributed by atoms with Crippen LogP contribution in [-0.2, 0) is 4.74 Å². The zero-order chi connectivity index (χ0) is 26.8. The third-order valence-corrected chi connectivity index (χ3v) is 5.54. The van der Waals surface area contributed by atoms with E-state index < -0.39 is 46.8 Å². The van der Waals surface area contributed by atoms with Crippen molar-refractivity contribution in [2.75, 3.05) is 13.2 Å². The summed E-state index contributed by atoms with van der Waals surface area (Å²) in [5.74, 6) is -3.65. The van der Waals surface area contributed by atoms with Crippen molar-refractivity contribution in [3.05, 3.63) is 83.4 Å². The Balaban J connectivity index is 1.56. The number of nitrogens with one attached hydrogen (secondary N) is 2. The van der Waals surface area contributed by atoms with Crippen LogP contribution in [0.3, 0.4) is 0 Å². The molecule has 3 rings (SSSR count). The first-order chi connectivity index (χ1) is 17.8. The number of hydrogen-bond donors (Lipinski definition) is 6. The first kappa shape index (κ1) is 26.9. The number of phenolic OH excluding ortho intramolecular Hbond substituents is 4. The minimum atomic E-state index is -0.651. The molecule has 0 spiro atoms. The van der Waals surface area contributed by atoms with Gasteiger partial charge in [0.1, 0.15) is 6.61 Å². The van der Waals surface area contributed by atoms with E-state index in [2.05, 4.69) is 10.6 Å². The molecule has 1 unspecified atom stereocenters. The molecule has 0 heterocycles. The maximum absolute atomic E-state index is 12.7. The molecule has 194 valence electrons. The van der Waals surface area contributed by atoms with E-state index in [1.165, 1.54) is 36.4 Å². The van der Waals surface area contributed by atoms with E-state index in [4.69, 9.17) is 4.74 Å². The van der Waals surface area contributed by atoms with Crippen molar-refractivity contribution in [2.24, 2.45) is 0 Å². The molecule has 0 aromatic heterocycles. The maximum atomic E-state index is 12.7. The number of benzene rings is 3. The third-order valence-electron chi connectivity index (χ3n) is 5.54. The van der Waals surface area contributed by atoms with Crippen molar-refractivity contribution in [3.63, 3.8) is 0 Å². The second-order valence-corrected chi connectivity index (χ2v) is 8.23. The van der Waals surface area contributed by atoms with Gasteiger partial charge in [-0.05, 0) is 55.7 Å². The lowest BCUT2D eigenvalue weighted by Crippen LogP contribution is -2.39. The molecule has 0 aliphatic carbocycles. The number of ether oxygens (including phenoxy) is 1. The van der Waals surface area contributed by atoms with E-state index in [1.807, 2.05) is 0 Å². The molecule has 0 saturated heterocycles. The smallest absolute Gasteiger partial charge is 0.338 e. The summed E-state index contributed by atoms with van der Waals surface area (Å²) in [5.41, 5.74) is 0.178. The van der Waals surface area contributed by atoms with Crippen LogP contribution < -0.4 is 10.6 Å². The van der Waals surface area contributed by atoms with Gasteiger partial charge in [-0.3, -0.25) is 9.59 Å². The quantitative estimate of drug-likeness (QED) is 0.131.